The van der Waals surface area contributed by atoms with Gasteiger partial charge in [0.25, 0.3) is 5.91 Å². The summed E-state index contributed by atoms with van der Waals surface area (Å²) in [5.41, 5.74) is 0.895. The lowest BCUT2D eigenvalue weighted by molar-refractivity contribution is -0.135. The molecule has 0 aliphatic carbocycles. The lowest BCUT2D eigenvalue weighted by atomic mass is 9.99. The van der Waals surface area contributed by atoms with Gasteiger partial charge in [-0.05, 0) is 56.4 Å². The van der Waals surface area contributed by atoms with Gasteiger partial charge < -0.3 is 15.1 Å². The van der Waals surface area contributed by atoms with Gasteiger partial charge in [0.2, 0.25) is 5.91 Å². The van der Waals surface area contributed by atoms with Crippen LogP contribution >= 0.6 is 0 Å². The zero-order valence-electron chi connectivity index (χ0n) is 18.1. The SMILES string of the molecule is Cc1ccc(C2(C)NC(=O)N(CC(=O)NC(C)c3ccc(CC(C)C)cc3)C2=O)o1. The fourth-order valence-corrected chi connectivity index (χ4v) is 3.64. The zero-order valence-corrected chi connectivity index (χ0v) is 18.1. The third-order valence-electron chi connectivity index (χ3n) is 5.31. The van der Waals surface area contributed by atoms with Gasteiger partial charge in [-0.1, -0.05) is 38.1 Å². The minimum absolute atomic E-state index is 0.245. The van der Waals surface area contributed by atoms with E-state index in [1.54, 1.807) is 26.0 Å². The van der Waals surface area contributed by atoms with Gasteiger partial charge in [-0.2, -0.15) is 0 Å². The van der Waals surface area contributed by atoms with Crippen molar-refractivity contribution < 1.29 is 18.8 Å². The number of nitrogens with one attached hydrogen (secondary N) is 2. The first-order chi connectivity index (χ1) is 14.1. The van der Waals surface area contributed by atoms with Gasteiger partial charge in [0.15, 0.2) is 5.54 Å². The van der Waals surface area contributed by atoms with Gasteiger partial charge in [0.1, 0.15) is 18.1 Å². The highest BCUT2D eigenvalue weighted by Gasteiger charge is 2.51. The molecule has 2 atom stereocenters. The van der Waals surface area contributed by atoms with Crippen LogP contribution in [-0.4, -0.2) is 29.3 Å². The molecule has 0 saturated carbocycles. The number of imide groups is 1. The van der Waals surface area contributed by atoms with E-state index in [2.05, 4.69) is 36.6 Å². The van der Waals surface area contributed by atoms with Crippen LogP contribution in [0.5, 0.6) is 0 Å². The minimum Gasteiger partial charge on any atom is -0.463 e. The van der Waals surface area contributed by atoms with Crippen molar-refractivity contribution in [1.82, 2.24) is 15.5 Å². The summed E-state index contributed by atoms with van der Waals surface area (Å²) in [5, 5.41) is 5.49. The van der Waals surface area contributed by atoms with E-state index in [1.807, 2.05) is 19.1 Å². The molecule has 7 nitrogen and oxygen atoms in total. The largest absolute Gasteiger partial charge is 0.463 e. The van der Waals surface area contributed by atoms with Crippen molar-refractivity contribution in [3.63, 3.8) is 0 Å². The number of furan rings is 1. The average Bonchev–Trinajstić information content (AvgIpc) is 3.20. The summed E-state index contributed by atoms with van der Waals surface area (Å²) >= 11 is 0. The monoisotopic (exact) mass is 411 g/mol. The van der Waals surface area contributed by atoms with Crippen LogP contribution < -0.4 is 10.6 Å². The molecular weight excluding hydrogens is 382 g/mol. The highest BCUT2D eigenvalue weighted by molar-refractivity contribution is 6.08. The molecule has 1 aromatic carbocycles. The van der Waals surface area contributed by atoms with Crippen molar-refractivity contribution in [3.8, 4) is 0 Å². The topological polar surface area (TPSA) is 91.7 Å². The molecule has 1 aliphatic heterocycles. The van der Waals surface area contributed by atoms with E-state index in [-0.39, 0.29) is 12.6 Å². The quantitative estimate of drug-likeness (QED) is 0.683. The molecule has 2 N–H and O–H groups in total. The minimum atomic E-state index is -1.32. The molecule has 1 aromatic heterocycles. The lowest BCUT2D eigenvalue weighted by Crippen LogP contribution is -2.43. The van der Waals surface area contributed by atoms with E-state index in [0.29, 0.717) is 17.4 Å². The summed E-state index contributed by atoms with van der Waals surface area (Å²) in [6.07, 6.45) is 1.00. The Kier molecular flexibility index (Phi) is 6.01. The number of rotatable bonds is 7. The predicted molar refractivity (Wildman–Crippen MR) is 113 cm³/mol. The fourth-order valence-electron chi connectivity index (χ4n) is 3.64. The number of aryl methyl sites for hydroxylation is 1. The van der Waals surface area contributed by atoms with Crippen LogP contribution in [0.15, 0.2) is 40.8 Å². The Bertz CT molecular complexity index is 948. The van der Waals surface area contributed by atoms with Gasteiger partial charge in [-0.25, -0.2) is 4.79 Å². The number of amides is 4. The van der Waals surface area contributed by atoms with Crippen LogP contribution in [0.25, 0.3) is 0 Å². The maximum atomic E-state index is 12.9. The van der Waals surface area contributed by atoms with Gasteiger partial charge >= 0.3 is 6.03 Å². The second-order valence-electron chi connectivity index (χ2n) is 8.49. The first kappa shape index (κ1) is 21.6. The number of benzene rings is 1. The van der Waals surface area contributed by atoms with Gasteiger partial charge in [0.05, 0.1) is 6.04 Å². The van der Waals surface area contributed by atoms with Gasteiger partial charge in [-0.3, -0.25) is 14.5 Å². The number of hydrogen-bond acceptors (Lipinski definition) is 4. The summed E-state index contributed by atoms with van der Waals surface area (Å²) in [6, 6.07) is 10.6. The highest BCUT2D eigenvalue weighted by Crippen LogP contribution is 2.30. The van der Waals surface area contributed by atoms with E-state index >= 15 is 0 Å². The normalized spacial score (nSPS) is 19.9. The number of carbonyl (C=O) groups excluding carboxylic acids is 3. The Morgan fingerprint density at radius 1 is 1.13 bits per heavy atom. The number of carbonyl (C=O) groups is 3. The Morgan fingerprint density at radius 3 is 2.37 bits per heavy atom. The Labute approximate surface area is 176 Å². The first-order valence-corrected chi connectivity index (χ1v) is 10.2. The summed E-state index contributed by atoms with van der Waals surface area (Å²) < 4.78 is 5.54. The molecule has 7 heteroatoms. The molecule has 3 rings (SSSR count). The Balaban J connectivity index is 1.63. The summed E-state index contributed by atoms with van der Waals surface area (Å²) in [7, 11) is 0. The third-order valence-corrected chi connectivity index (χ3v) is 5.31. The van der Waals surface area contributed by atoms with Gasteiger partial charge in [0, 0.05) is 0 Å². The van der Waals surface area contributed by atoms with Gasteiger partial charge in [-0.15, -0.1) is 0 Å². The number of hydrogen-bond donors (Lipinski definition) is 2. The second-order valence-corrected chi connectivity index (χ2v) is 8.49. The number of urea groups is 1. The molecule has 4 amide bonds. The Morgan fingerprint density at radius 2 is 1.80 bits per heavy atom. The molecule has 0 radical (unpaired) electrons. The molecule has 2 heterocycles. The molecule has 2 aromatic rings. The standard InChI is InChI=1S/C23H29N3O4/c1-14(2)12-17-7-9-18(10-8-17)16(4)24-20(27)13-26-21(28)23(5,25-22(26)29)19-11-6-15(3)30-19/h6-11,14,16H,12-13H2,1-5H3,(H,24,27)(H,25,29). The van der Waals surface area contributed by atoms with Crippen LogP contribution in [0.2, 0.25) is 0 Å². The summed E-state index contributed by atoms with van der Waals surface area (Å²) in [5.74, 6) is 0.640. The Hall–Kier alpha value is -3.09. The molecule has 1 saturated heterocycles. The average molecular weight is 412 g/mol. The maximum absolute atomic E-state index is 12.9. The van der Waals surface area contributed by atoms with Crippen molar-refractivity contribution in [2.24, 2.45) is 5.92 Å². The van der Waals surface area contributed by atoms with E-state index in [0.717, 1.165) is 16.9 Å². The number of nitrogens with zero attached hydrogens (tertiary/aromatic N) is 1. The summed E-state index contributed by atoms with van der Waals surface area (Å²) in [6.45, 7) is 9.20. The van der Waals surface area contributed by atoms with Crippen LogP contribution in [0, 0.1) is 12.8 Å². The van der Waals surface area contributed by atoms with Crippen molar-refractivity contribution in [1.29, 1.82) is 0 Å². The highest BCUT2D eigenvalue weighted by atomic mass is 16.3. The van der Waals surface area contributed by atoms with Crippen LogP contribution in [0.3, 0.4) is 0 Å². The smallest absolute Gasteiger partial charge is 0.325 e. The van der Waals surface area contributed by atoms with Crippen molar-refractivity contribution >= 4 is 17.8 Å². The van der Waals surface area contributed by atoms with E-state index in [9.17, 15) is 14.4 Å². The molecule has 1 aliphatic rings. The molecule has 160 valence electrons. The zero-order chi connectivity index (χ0) is 22.1. The lowest BCUT2D eigenvalue weighted by Gasteiger charge is -2.20. The summed E-state index contributed by atoms with van der Waals surface area (Å²) in [4.78, 5) is 38.7. The van der Waals surface area contributed by atoms with E-state index in [4.69, 9.17) is 4.42 Å². The fraction of sp³-hybridized carbons (Fsp3) is 0.435. The molecule has 1 fully saturated rings. The predicted octanol–water partition coefficient (Wildman–Crippen LogP) is 3.43. The molecule has 0 spiro atoms. The molecular formula is C23H29N3O4. The van der Waals surface area contributed by atoms with Crippen LogP contribution in [0.1, 0.15) is 56.4 Å². The molecule has 0 bridgehead atoms. The van der Waals surface area contributed by atoms with E-state index in [1.165, 1.54) is 5.56 Å². The van der Waals surface area contributed by atoms with Crippen molar-refractivity contribution in [3.05, 3.63) is 59.0 Å². The third kappa shape index (κ3) is 4.40. The molecule has 2 unspecified atom stereocenters. The van der Waals surface area contributed by atoms with Crippen molar-refractivity contribution in [2.75, 3.05) is 6.54 Å². The van der Waals surface area contributed by atoms with Crippen molar-refractivity contribution in [2.45, 2.75) is 52.6 Å². The van der Waals surface area contributed by atoms with E-state index < -0.39 is 23.4 Å². The first-order valence-electron chi connectivity index (χ1n) is 10.2. The van der Waals surface area contributed by atoms with Crippen LogP contribution in [-0.2, 0) is 21.5 Å². The second kappa shape index (κ2) is 8.34. The van der Waals surface area contributed by atoms with Crippen LogP contribution in [0.4, 0.5) is 4.79 Å². The molecule has 30 heavy (non-hydrogen) atoms. The maximum Gasteiger partial charge on any atom is 0.325 e.